The molecule has 0 radical (unpaired) electrons. The number of nitrogens with zero attached hydrogens (tertiary/aromatic N) is 5. The molecule has 1 aromatic carbocycles. The van der Waals surface area contributed by atoms with Gasteiger partial charge in [0.15, 0.2) is 5.16 Å². The summed E-state index contributed by atoms with van der Waals surface area (Å²) in [5.41, 5.74) is 1.31. The van der Waals surface area contributed by atoms with E-state index in [2.05, 4.69) is 44.0 Å². The molecule has 0 N–H and O–H groups in total. The Kier molecular flexibility index (Phi) is 6.90. The molecule has 2 aromatic rings. The fourth-order valence-electron chi connectivity index (χ4n) is 3.77. The summed E-state index contributed by atoms with van der Waals surface area (Å²) < 4.78 is 0. The fourth-order valence-corrected chi connectivity index (χ4v) is 4.76. The lowest BCUT2D eigenvalue weighted by Gasteiger charge is -2.34. The van der Waals surface area contributed by atoms with Gasteiger partial charge >= 0.3 is 0 Å². The van der Waals surface area contributed by atoms with Gasteiger partial charge in [-0.3, -0.25) is 9.69 Å². The van der Waals surface area contributed by atoms with Crippen LogP contribution in [-0.2, 0) is 11.3 Å². The molecule has 0 saturated carbocycles. The second-order valence-electron chi connectivity index (χ2n) is 7.46. The van der Waals surface area contributed by atoms with Crippen molar-refractivity contribution in [2.24, 2.45) is 0 Å². The number of halogens is 1. The van der Waals surface area contributed by atoms with Gasteiger partial charge in [-0.25, -0.2) is 9.97 Å². The second-order valence-corrected chi connectivity index (χ2v) is 8.79. The maximum atomic E-state index is 12.7. The van der Waals surface area contributed by atoms with E-state index < -0.39 is 0 Å². The van der Waals surface area contributed by atoms with Gasteiger partial charge in [0.25, 0.3) is 0 Å². The van der Waals surface area contributed by atoms with Crippen LogP contribution in [0.5, 0.6) is 0 Å². The number of thioether (sulfide) groups is 1. The van der Waals surface area contributed by atoms with Gasteiger partial charge in [-0.15, -0.1) is 0 Å². The number of anilines is 1. The standard InChI is InChI=1S/C21H26ClN5OS/c22-18-14-19(26-8-4-5-9-26)24-21(23-18)29-16-20(28)27-12-10-25(11-13-27)15-17-6-2-1-3-7-17/h1-3,6-7,14H,4-5,8-13,15-16H2. The molecule has 0 unspecified atom stereocenters. The van der Waals surface area contributed by atoms with Crippen molar-refractivity contribution in [3.8, 4) is 0 Å². The summed E-state index contributed by atoms with van der Waals surface area (Å²) in [6.45, 7) is 6.28. The maximum absolute atomic E-state index is 12.7. The molecular weight excluding hydrogens is 406 g/mol. The van der Waals surface area contributed by atoms with Crippen LogP contribution >= 0.6 is 23.4 Å². The predicted molar refractivity (Wildman–Crippen MR) is 118 cm³/mol. The van der Waals surface area contributed by atoms with Crippen molar-refractivity contribution in [3.63, 3.8) is 0 Å². The summed E-state index contributed by atoms with van der Waals surface area (Å²) in [6.07, 6.45) is 2.36. The summed E-state index contributed by atoms with van der Waals surface area (Å²) in [6, 6.07) is 12.3. The maximum Gasteiger partial charge on any atom is 0.233 e. The number of aromatic nitrogens is 2. The van der Waals surface area contributed by atoms with Gasteiger partial charge in [-0.05, 0) is 18.4 Å². The van der Waals surface area contributed by atoms with E-state index in [-0.39, 0.29) is 5.91 Å². The molecule has 0 aliphatic carbocycles. The van der Waals surface area contributed by atoms with E-state index in [0.717, 1.165) is 51.6 Å². The molecule has 1 amide bonds. The smallest absolute Gasteiger partial charge is 0.233 e. The van der Waals surface area contributed by atoms with Crippen LogP contribution in [0.1, 0.15) is 18.4 Å². The van der Waals surface area contributed by atoms with Crippen molar-refractivity contribution in [2.75, 3.05) is 49.9 Å². The second kappa shape index (κ2) is 9.78. The Morgan fingerprint density at radius 3 is 2.45 bits per heavy atom. The summed E-state index contributed by atoms with van der Waals surface area (Å²) in [5, 5.41) is 1.02. The van der Waals surface area contributed by atoms with Crippen molar-refractivity contribution in [2.45, 2.75) is 24.5 Å². The van der Waals surface area contributed by atoms with Gasteiger partial charge in [0, 0.05) is 51.9 Å². The Morgan fingerprint density at radius 2 is 1.72 bits per heavy atom. The molecule has 1 aromatic heterocycles. The normalized spacial score (nSPS) is 17.7. The first-order chi connectivity index (χ1) is 14.2. The molecule has 2 saturated heterocycles. The van der Waals surface area contributed by atoms with Crippen LogP contribution in [0, 0.1) is 0 Å². The number of rotatable bonds is 6. The molecule has 0 atom stereocenters. The molecular formula is C21H26ClN5OS. The number of hydrogen-bond acceptors (Lipinski definition) is 6. The third-order valence-corrected chi connectivity index (χ3v) is 6.42. The first-order valence-electron chi connectivity index (χ1n) is 10.1. The Morgan fingerprint density at radius 1 is 1.00 bits per heavy atom. The van der Waals surface area contributed by atoms with Crippen LogP contribution in [0.25, 0.3) is 0 Å². The molecule has 29 heavy (non-hydrogen) atoms. The minimum absolute atomic E-state index is 0.139. The van der Waals surface area contributed by atoms with E-state index in [1.807, 2.05) is 17.0 Å². The number of hydrogen-bond donors (Lipinski definition) is 0. The highest BCUT2D eigenvalue weighted by molar-refractivity contribution is 7.99. The van der Waals surface area contributed by atoms with Crippen LogP contribution in [-0.4, -0.2) is 70.7 Å². The Balaban J connectivity index is 1.26. The van der Waals surface area contributed by atoms with Crippen molar-refractivity contribution in [3.05, 3.63) is 47.1 Å². The topological polar surface area (TPSA) is 52.6 Å². The Bertz CT molecular complexity index is 823. The summed E-state index contributed by atoms with van der Waals surface area (Å²) in [5.74, 6) is 1.35. The molecule has 2 aliphatic rings. The van der Waals surface area contributed by atoms with Crippen LogP contribution in [0.15, 0.2) is 41.6 Å². The lowest BCUT2D eigenvalue weighted by Crippen LogP contribution is -2.48. The van der Waals surface area contributed by atoms with Crippen molar-refractivity contribution in [1.82, 2.24) is 19.8 Å². The van der Waals surface area contributed by atoms with Gasteiger partial charge in [0.05, 0.1) is 5.75 Å². The molecule has 4 rings (SSSR count). The van der Waals surface area contributed by atoms with Gasteiger partial charge < -0.3 is 9.80 Å². The number of carbonyl (C=O) groups is 1. The SMILES string of the molecule is O=C(CSc1nc(Cl)cc(N2CCCC2)n1)N1CCN(Cc2ccccc2)CC1. The van der Waals surface area contributed by atoms with Crippen molar-refractivity contribution >= 4 is 35.1 Å². The minimum atomic E-state index is 0.139. The van der Waals surface area contributed by atoms with Crippen LogP contribution in [0.2, 0.25) is 5.15 Å². The van der Waals surface area contributed by atoms with Gasteiger partial charge in [-0.2, -0.15) is 0 Å². The average molecular weight is 432 g/mol. The number of benzene rings is 1. The molecule has 3 heterocycles. The number of carbonyl (C=O) groups excluding carboxylic acids is 1. The van der Waals surface area contributed by atoms with E-state index in [4.69, 9.17) is 11.6 Å². The third kappa shape index (κ3) is 5.62. The fraction of sp³-hybridized carbons (Fsp3) is 0.476. The Hall–Kier alpha value is -1.83. The summed E-state index contributed by atoms with van der Waals surface area (Å²) >= 11 is 7.56. The zero-order chi connectivity index (χ0) is 20.1. The number of amides is 1. The third-order valence-electron chi connectivity index (χ3n) is 5.39. The highest BCUT2D eigenvalue weighted by Crippen LogP contribution is 2.24. The summed E-state index contributed by atoms with van der Waals surface area (Å²) in [4.78, 5) is 28.1. The molecule has 0 bridgehead atoms. The van der Waals surface area contributed by atoms with E-state index in [0.29, 0.717) is 16.1 Å². The largest absolute Gasteiger partial charge is 0.356 e. The minimum Gasteiger partial charge on any atom is -0.356 e. The van der Waals surface area contributed by atoms with Crippen molar-refractivity contribution in [1.29, 1.82) is 0 Å². The average Bonchev–Trinajstić information content (AvgIpc) is 3.28. The van der Waals surface area contributed by atoms with Gasteiger partial charge in [0.2, 0.25) is 5.91 Å². The molecule has 8 heteroatoms. The lowest BCUT2D eigenvalue weighted by molar-refractivity contribution is -0.130. The van der Waals surface area contributed by atoms with Crippen molar-refractivity contribution < 1.29 is 4.79 Å². The zero-order valence-electron chi connectivity index (χ0n) is 16.5. The first kappa shape index (κ1) is 20.4. The van der Waals surface area contributed by atoms with Crippen LogP contribution in [0.3, 0.4) is 0 Å². The molecule has 2 aliphatic heterocycles. The number of piperazine rings is 1. The van der Waals surface area contributed by atoms with E-state index in [9.17, 15) is 4.79 Å². The van der Waals surface area contributed by atoms with E-state index in [1.165, 1.54) is 30.2 Å². The predicted octanol–water partition coefficient (Wildman–Crippen LogP) is 3.17. The van der Waals surface area contributed by atoms with E-state index in [1.54, 1.807) is 0 Å². The Labute approximate surface area is 181 Å². The molecule has 6 nitrogen and oxygen atoms in total. The molecule has 0 spiro atoms. The molecule has 154 valence electrons. The van der Waals surface area contributed by atoms with E-state index >= 15 is 0 Å². The highest BCUT2D eigenvalue weighted by atomic mass is 35.5. The quantitative estimate of drug-likeness (QED) is 0.398. The van der Waals surface area contributed by atoms with Crippen LogP contribution < -0.4 is 4.90 Å². The van der Waals surface area contributed by atoms with Crippen LogP contribution in [0.4, 0.5) is 5.82 Å². The first-order valence-corrected chi connectivity index (χ1v) is 11.5. The lowest BCUT2D eigenvalue weighted by atomic mass is 10.2. The highest BCUT2D eigenvalue weighted by Gasteiger charge is 2.22. The van der Waals surface area contributed by atoms with Gasteiger partial charge in [0.1, 0.15) is 11.0 Å². The monoisotopic (exact) mass is 431 g/mol. The zero-order valence-corrected chi connectivity index (χ0v) is 18.0. The summed E-state index contributed by atoms with van der Waals surface area (Å²) in [7, 11) is 0. The van der Waals surface area contributed by atoms with Gasteiger partial charge in [-0.1, -0.05) is 53.7 Å². The molecule has 2 fully saturated rings.